The lowest BCUT2D eigenvalue weighted by Crippen LogP contribution is -2.39. The van der Waals surface area contributed by atoms with Crippen LogP contribution in [0.5, 0.6) is 11.5 Å². The molecule has 1 atom stereocenters. The number of fused-ring (bicyclic) bond motifs is 4. The van der Waals surface area contributed by atoms with E-state index in [9.17, 15) is 0 Å². The minimum absolute atomic E-state index is 0.0874. The van der Waals surface area contributed by atoms with E-state index in [2.05, 4.69) is 4.99 Å². The fourth-order valence-corrected chi connectivity index (χ4v) is 4.48. The molecule has 1 saturated heterocycles. The van der Waals surface area contributed by atoms with E-state index in [4.69, 9.17) is 25.7 Å². The van der Waals surface area contributed by atoms with Gasteiger partial charge in [-0.05, 0) is 54.7 Å². The third-order valence-electron chi connectivity index (χ3n) is 5.88. The maximum atomic E-state index is 15.2. The fraction of sp³-hybridized carbons (Fsp3) is 0.381. The number of halogens is 1. The molecule has 0 unspecified atom stereocenters. The second kappa shape index (κ2) is 6.38. The number of ether oxygens (including phenoxy) is 3. The van der Waals surface area contributed by atoms with Gasteiger partial charge < -0.3 is 25.7 Å². The standard InChI is InChI=1S/C21H22FN3O3/c22-17-10-13(12-3-6-26-7-4-12)9-16-19(17)28-18-2-1-14(23)11-15(18)21(16)5-8-27-20(24)25-21/h1-2,9-12H,3-8,23H2,(H2,24,25)/t21-/m0/s1. The molecule has 6 nitrogen and oxygen atoms in total. The minimum atomic E-state index is -0.872. The van der Waals surface area contributed by atoms with Gasteiger partial charge in [-0.15, -0.1) is 0 Å². The van der Waals surface area contributed by atoms with Crippen LogP contribution in [0, 0.1) is 5.82 Å². The fourth-order valence-electron chi connectivity index (χ4n) is 4.48. The molecule has 1 fully saturated rings. The molecule has 0 aliphatic carbocycles. The van der Waals surface area contributed by atoms with Gasteiger partial charge in [-0.3, -0.25) is 0 Å². The molecule has 0 amide bonds. The summed E-state index contributed by atoms with van der Waals surface area (Å²) in [7, 11) is 0. The average Bonchev–Trinajstić information content (AvgIpc) is 2.70. The Balaban J connectivity index is 1.74. The van der Waals surface area contributed by atoms with E-state index in [1.807, 2.05) is 12.1 Å². The zero-order valence-corrected chi connectivity index (χ0v) is 15.4. The molecular formula is C21H22FN3O3. The molecule has 5 rings (SSSR count). The lowest BCUT2D eigenvalue weighted by atomic mass is 9.76. The summed E-state index contributed by atoms with van der Waals surface area (Å²) in [5.74, 6) is 0.597. The Kier molecular flexibility index (Phi) is 3.94. The van der Waals surface area contributed by atoms with Crippen LogP contribution in [0.2, 0.25) is 0 Å². The van der Waals surface area contributed by atoms with Gasteiger partial charge in [0.25, 0.3) is 6.02 Å². The maximum absolute atomic E-state index is 15.2. The summed E-state index contributed by atoms with van der Waals surface area (Å²) in [5, 5.41) is 0. The third-order valence-corrected chi connectivity index (χ3v) is 5.88. The van der Waals surface area contributed by atoms with Crippen molar-refractivity contribution in [3.05, 3.63) is 52.8 Å². The molecule has 7 heteroatoms. The Bertz CT molecular complexity index is 972. The molecule has 2 aromatic carbocycles. The van der Waals surface area contributed by atoms with Crippen LogP contribution in [0.1, 0.15) is 41.9 Å². The summed E-state index contributed by atoms with van der Waals surface area (Å²) in [6, 6.07) is 9.00. The van der Waals surface area contributed by atoms with E-state index in [0.717, 1.165) is 24.0 Å². The van der Waals surface area contributed by atoms with Crippen LogP contribution < -0.4 is 16.2 Å². The van der Waals surface area contributed by atoms with Gasteiger partial charge in [-0.2, -0.15) is 0 Å². The molecule has 146 valence electrons. The van der Waals surface area contributed by atoms with Crippen molar-refractivity contribution in [2.75, 3.05) is 25.6 Å². The van der Waals surface area contributed by atoms with Gasteiger partial charge in [-0.25, -0.2) is 9.38 Å². The number of nitrogens with zero attached hydrogens (tertiary/aromatic N) is 1. The number of hydrogen-bond acceptors (Lipinski definition) is 6. The van der Waals surface area contributed by atoms with Crippen LogP contribution in [0.25, 0.3) is 0 Å². The Morgan fingerprint density at radius 1 is 1.04 bits per heavy atom. The predicted octanol–water partition coefficient (Wildman–Crippen LogP) is 3.39. The van der Waals surface area contributed by atoms with Crippen molar-refractivity contribution in [1.82, 2.24) is 0 Å². The van der Waals surface area contributed by atoms with Gasteiger partial charge in [0.05, 0.1) is 6.61 Å². The van der Waals surface area contributed by atoms with Gasteiger partial charge in [0.1, 0.15) is 11.3 Å². The highest BCUT2D eigenvalue weighted by Crippen LogP contribution is 2.53. The molecule has 0 aromatic heterocycles. The molecule has 3 aliphatic heterocycles. The monoisotopic (exact) mass is 383 g/mol. The van der Waals surface area contributed by atoms with E-state index in [-0.39, 0.29) is 23.5 Å². The van der Waals surface area contributed by atoms with Crippen molar-refractivity contribution in [2.24, 2.45) is 10.7 Å². The second-order valence-electron chi connectivity index (χ2n) is 7.53. The summed E-state index contributed by atoms with van der Waals surface area (Å²) in [5.41, 5.74) is 14.1. The topological polar surface area (TPSA) is 92.1 Å². The average molecular weight is 383 g/mol. The summed E-state index contributed by atoms with van der Waals surface area (Å²) in [6.07, 6.45) is 2.26. The highest BCUT2D eigenvalue weighted by atomic mass is 19.1. The normalized spacial score (nSPS) is 24.0. The van der Waals surface area contributed by atoms with Crippen LogP contribution in [-0.4, -0.2) is 25.8 Å². The van der Waals surface area contributed by atoms with Crippen molar-refractivity contribution >= 4 is 11.7 Å². The minimum Gasteiger partial charge on any atom is -0.465 e. The Morgan fingerprint density at radius 2 is 1.86 bits per heavy atom. The van der Waals surface area contributed by atoms with Crippen molar-refractivity contribution in [1.29, 1.82) is 0 Å². The molecule has 28 heavy (non-hydrogen) atoms. The molecule has 0 saturated carbocycles. The SMILES string of the molecule is NC1=N[C@@]2(CCO1)c1cc(N)ccc1Oc1c(F)cc(C3CCOCC3)cc12. The highest BCUT2D eigenvalue weighted by Gasteiger charge is 2.46. The van der Waals surface area contributed by atoms with Gasteiger partial charge in [0.2, 0.25) is 0 Å². The van der Waals surface area contributed by atoms with E-state index in [1.54, 1.807) is 18.2 Å². The Labute approximate surface area is 162 Å². The van der Waals surface area contributed by atoms with Crippen LogP contribution in [-0.2, 0) is 15.0 Å². The molecule has 1 spiro atoms. The summed E-state index contributed by atoms with van der Waals surface area (Å²) >= 11 is 0. The summed E-state index contributed by atoms with van der Waals surface area (Å²) in [4.78, 5) is 4.67. The first-order valence-electron chi connectivity index (χ1n) is 9.54. The van der Waals surface area contributed by atoms with E-state index >= 15 is 4.39 Å². The lowest BCUT2D eigenvalue weighted by molar-refractivity contribution is 0.0852. The first kappa shape index (κ1) is 17.3. The predicted molar refractivity (Wildman–Crippen MR) is 103 cm³/mol. The van der Waals surface area contributed by atoms with Crippen LogP contribution in [0.15, 0.2) is 35.3 Å². The quantitative estimate of drug-likeness (QED) is 0.737. The first-order chi connectivity index (χ1) is 13.6. The van der Waals surface area contributed by atoms with Gasteiger partial charge in [-0.1, -0.05) is 0 Å². The number of rotatable bonds is 1. The third kappa shape index (κ3) is 2.61. The zero-order chi connectivity index (χ0) is 19.3. The largest absolute Gasteiger partial charge is 0.465 e. The number of benzene rings is 2. The number of nitrogen functional groups attached to an aromatic ring is 1. The van der Waals surface area contributed by atoms with E-state index in [0.29, 0.717) is 43.2 Å². The van der Waals surface area contributed by atoms with Crippen molar-refractivity contribution < 1.29 is 18.6 Å². The molecule has 4 N–H and O–H groups in total. The summed E-state index contributed by atoms with van der Waals surface area (Å²) in [6.45, 7) is 1.75. The van der Waals surface area contributed by atoms with E-state index in [1.165, 1.54) is 0 Å². The van der Waals surface area contributed by atoms with Crippen LogP contribution in [0.3, 0.4) is 0 Å². The number of hydrogen-bond donors (Lipinski definition) is 2. The molecule has 3 heterocycles. The van der Waals surface area contributed by atoms with E-state index < -0.39 is 5.54 Å². The maximum Gasteiger partial charge on any atom is 0.283 e. The smallest absolute Gasteiger partial charge is 0.283 e. The van der Waals surface area contributed by atoms with Gasteiger partial charge in [0.15, 0.2) is 11.6 Å². The van der Waals surface area contributed by atoms with Crippen LogP contribution in [0.4, 0.5) is 10.1 Å². The number of nitrogens with two attached hydrogens (primary N) is 2. The number of anilines is 1. The Hall–Kier alpha value is -2.80. The van der Waals surface area contributed by atoms with Crippen molar-refractivity contribution in [3.8, 4) is 11.5 Å². The number of amidine groups is 1. The van der Waals surface area contributed by atoms with Gasteiger partial charge >= 0.3 is 0 Å². The lowest BCUT2D eigenvalue weighted by Gasteiger charge is -2.40. The van der Waals surface area contributed by atoms with Crippen molar-refractivity contribution in [2.45, 2.75) is 30.7 Å². The first-order valence-corrected chi connectivity index (χ1v) is 9.54. The molecule has 0 bridgehead atoms. The molecule has 0 radical (unpaired) electrons. The van der Waals surface area contributed by atoms with Crippen LogP contribution >= 0.6 is 0 Å². The molecule has 3 aliphatic rings. The summed E-state index contributed by atoms with van der Waals surface area (Å²) < 4.78 is 32.0. The second-order valence-corrected chi connectivity index (χ2v) is 7.53. The zero-order valence-electron chi connectivity index (χ0n) is 15.4. The highest BCUT2D eigenvalue weighted by molar-refractivity contribution is 5.75. The molecule has 2 aromatic rings. The Morgan fingerprint density at radius 3 is 2.64 bits per heavy atom. The molecular weight excluding hydrogens is 361 g/mol. The van der Waals surface area contributed by atoms with Gasteiger partial charge in [0, 0.05) is 36.4 Å². The van der Waals surface area contributed by atoms with Crippen molar-refractivity contribution in [3.63, 3.8) is 0 Å². The number of aliphatic imine (C=N–C) groups is 1.